The van der Waals surface area contributed by atoms with Crippen LogP contribution in [0, 0.1) is 0 Å². The summed E-state index contributed by atoms with van der Waals surface area (Å²) in [5.41, 5.74) is 5.56. The Bertz CT molecular complexity index is 1670. The molecule has 0 radical (unpaired) electrons. The zero-order valence-corrected chi connectivity index (χ0v) is 22.6. The molecule has 0 heterocycles. The van der Waals surface area contributed by atoms with Crippen LogP contribution in [0.4, 0.5) is 11.4 Å². The Labute approximate surface area is 239 Å². The molecular weight excluding hydrogens is 510 g/mol. The minimum atomic E-state index is -0.258. The molecule has 5 rings (SSSR count). The van der Waals surface area contributed by atoms with Gasteiger partial charge in [0.2, 0.25) is 0 Å². The smallest absolute Gasteiger partial charge is 0.258 e. The average molecular weight is 540 g/mol. The molecule has 0 aromatic heterocycles. The van der Waals surface area contributed by atoms with Crippen LogP contribution >= 0.6 is 0 Å². The van der Waals surface area contributed by atoms with Crippen LogP contribution in [0.5, 0.6) is 0 Å². The molecule has 0 atom stereocenters. The third-order valence-electron chi connectivity index (χ3n) is 6.74. The second kappa shape index (κ2) is 12.6. The predicted octanol–water partition coefficient (Wildman–Crippen LogP) is 6.81. The van der Waals surface area contributed by atoms with Gasteiger partial charge >= 0.3 is 0 Å². The lowest BCUT2D eigenvalue weighted by Gasteiger charge is -2.18. The summed E-state index contributed by atoms with van der Waals surface area (Å²) in [6.45, 7) is 0.316. The highest BCUT2D eigenvalue weighted by Crippen LogP contribution is 2.24. The van der Waals surface area contributed by atoms with E-state index in [0.29, 0.717) is 28.9 Å². The fourth-order valence-corrected chi connectivity index (χ4v) is 4.50. The molecule has 41 heavy (non-hydrogen) atoms. The molecule has 6 heteroatoms. The Morgan fingerprint density at radius 2 is 1.27 bits per heavy atom. The summed E-state index contributed by atoms with van der Waals surface area (Å²) in [5, 5.41) is 5.85. The fourth-order valence-electron chi connectivity index (χ4n) is 4.50. The van der Waals surface area contributed by atoms with Crippen molar-refractivity contribution in [3.05, 3.63) is 156 Å². The summed E-state index contributed by atoms with van der Waals surface area (Å²) in [7, 11) is 1.73. The summed E-state index contributed by atoms with van der Waals surface area (Å²) in [5.74, 6) is -0.605. The van der Waals surface area contributed by atoms with Gasteiger partial charge in [0, 0.05) is 41.7 Å². The molecule has 2 N–H and O–H groups in total. The second-order valence-corrected chi connectivity index (χ2v) is 9.53. The van der Waals surface area contributed by atoms with Gasteiger partial charge in [-0.2, -0.15) is 0 Å². The Hall–Kier alpha value is -5.49. The molecule has 5 aromatic carbocycles. The quantitative estimate of drug-likeness (QED) is 0.227. The first-order valence-corrected chi connectivity index (χ1v) is 13.3. The van der Waals surface area contributed by atoms with Crippen LogP contribution in [-0.2, 0) is 6.54 Å². The maximum absolute atomic E-state index is 13.2. The highest BCUT2D eigenvalue weighted by molar-refractivity contribution is 6.09. The van der Waals surface area contributed by atoms with Crippen molar-refractivity contribution >= 4 is 29.1 Å². The van der Waals surface area contributed by atoms with E-state index in [4.69, 9.17) is 0 Å². The average Bonchev–Trinajstić information content (AvgIpc) is 3.04. The molecule has 0 aliphatic carbocycles. The Balaban J connectivity index is 1.20. The van der Waals surface area contributed by atoms with Gasteiger partial charge in [-0.1, -0.05) is 84.9 Å². The molecule has 202 valence electrons. The monoisotopic (exact) mass is 539 g/mol. The molecule has 0 bridgehead atoms. The minimum Gasteiger partial charge on any atom is -0.348 e. The lowest BCUT2D eigenvalue weighted by molar-refractivity contribution is 0.0948. The van der Waals surface area contributed by atoms with Crippen LogP contribution < -0.4 is 15.5 Å². The van der Waals surface area contributed by atoms with Crippen molar-refractivity contribution in [3.8, 4) is 11.1 Å². The van der Waals surface area contributed by atoms with Gasteiger partial charge in [0.05, 0.1) is 0 Å². The SMILES string of the molecule is CN(C(=O)c1ccccc1)c1ccc(CNC(=O)c2cccc(NC(=O)c3ccccc3-c3ccccc3)c2)cc1. The summed E-state index contributed by atoms with van der Waals surface area (Å²) in [6, 6.07) is 40.6. The maximum atomic E-state index is 13.2. The predicted molar refractivity (Wildman–Crippen MR) is 163 cm³/mol. The minimum absolute atomic E-state index is 0.0952. The molecule has 0 fully saturated rings. The van der Waals surface area contributed by atoms with E-state index in [1.54, 1.807) is 54.4 Å². The molecule has 0 spiro atoms. The third kappa shape index (κ3) is 6.57. The lowest BCUT2D eigenvalue weighted by Crippen LogP contribution is -2.26. The number of anilines is 2. The first-order valence-electron chi connectivity index (χ1n) is 13.3. The number of nitrogens with one attached hydrogen (secondary N) is 2. The van der Waals surface area contributed by atoms with E-state index in [0.717, 1.165) is 22.4 Å². The first-order chi connectivity index (χ1) is 20.0. The largest absolute Gasteiger partial charge is 0.348 e. The topological polar surface area (TPSA) is 78.5 Å². The van der Waals surface area contributed by atoms with Crippen LogP contribution in [0.3, 0.4) is 0 Å². The van der Waals surface area contributed by atoms with Gasteiger partial charge in [-0.05, 0) is 65.2 Å². The second-order valence-electron chi connectivity index (χ2n) is 9.53. The van der Waals surface area contributed by atoms with Gasteiger partial charge in [0.15, 0.2) is 0 Å². The van der Waals surface area contributed by atoms with Crippen LogP contribution in [0.25, 0.3) is 11.1 Å². The van der Waals surface area contributed by atoms with E-state index >= 15 is 0 Å². The number of amides is 3. The van der Waals surface area contributed by atoms with E-state index in [1.807, 2.05) is 91.0 Å². The summed E-state index contributed by atoms with van der Waals surface area (Å²) < 4.78 is 0. The van der Waals surface area contributed by atoms with Crippen molar-refractivity contribution in [2.75, 3.05) is 17.3 Å². The molecule has 0 aliphatic rings. The molecule has 0 unspecified atom stereocenters. The normalized spacial score (nSPS) is 10.5. The lowest BCUT2D eigenvalue weighted by atomic mass is 9.99. The standard InChI is InChI=1S/C35H29N3O3/c1-38(35(41)27-13-6-3-7-14-27)30-21-19-25(20-22-30)24-36-33(39)28-15-10-16-29(23-28)37-34(40)32-18-9-8-17-31(32)26-11-4-2-5-12-26/h2-23H,24H2,1H3,(H,36,39)(H,37,40). The first kappa shape index (κ1) is 27.1. The van der Waals surface area contributed by atoms with Crippen molar-refractivity contribution in [3.63, 3.8) is 0 Å². The highest BCUT2D eigenvalue weighted by atomic mass is 16.2. The molecule has 0 saturated heterocycles. The molecule has 5 aromatic rings. The van der Waals surface area contributed by atoms with Crippen LogP contribution in [0.1, 0.15) is 36.6 Å². The van der Waals surface area contributed by atoms with Crippen LogP contribution in [0.15, 0.2) is 133 Å². The molecule has 6 nitrogen and oxygen atoms in total. The zero-order chi connectivity index (χ0) is 28.6. The molecule has 0 saturated carbocycles. The van der Waals surface area contributed by atoms with Crippen molar-refractivity contribution < 1.29 is 14.4 Å². The van der Waals surface area contributed by atoms with Gasteiger partial charge < -0.3 is 15.5 Å². The number of nitrogens with zero attached hydrogens (tertiary/aromatic N) is 1. The van der Waals surface area contributed by atoms with Crippen molar-refractivity contribution in [1.82, 2.24) is 5.32 Å². The van der Waals surface area contributed by atoms with Gasteiger partial charge in [-0.3, -0.25) is 14.4 Å². The Kier molecular flexibility index (Phi) is 8.31. The van der Waals surface area contributed by atoms with Gasteiger partial charge in [0.25, 0.3) is 17.7 Å². The molecule has 0 aliphatic heterocycles. The maximum Gasteiger partial charge on any atom is 0.258 e. The third-order valence-corrected chi connectivity index (χ3v) is 6.74. The van der Waals surface area contributed by atoms with E-state index < -0.39 is 0 Å². The number of hydrogen-bond acceptors (Lipinski definition) is 3. The van der Waals surface area contributed by atoms with E-state index in [9.17, 15) is 14.4 Å². The molecular formula is C35H29N3O3. The Morgan fingerprint density at radius 1 is 0.634 bits per heavy atom. The number of hydrogen-bond donors (Lipinski definition) is 2. The van der Waals surface area contributed by atoms with E-state index in [2.05, 4.69) is 10.6 Å². The zero-order valence-electron chi connectivity index (χ0n) is 22.6. The number of carbonyl (C=O) groups excluding carboxylic acids is 3. The number of carbonyl (C=O) groups is 3. The van der Waals surface area contributed by atoms with Gasteiger partial charge in [-0.25, -0.2) is 0 Å². The van der Waals surface area contributed by atoms with E-state index in [1.165, 1.54) is 0 Å². The van der Waals surface area contributed by atoms with Crippen LogP contribution in [0.2, 0.25) is 0 Å². The van der Waals surface area contributed by atoms with E-state index in [-0.39, 0.29) is 17.7 Å². The van der Waals surface area contributed by atoms with Crippen molar-refractivity contribution in [1.29, 1.82) is 0 Å². The van der Waals surface area contributed by atoms with Crippen molar-refractivity contribution in [2.45, 2.75) is 6.54 Å². The summed E-state index contributed by atoms with van der Waals surface area (Å²) in [6.07, 6.45) is 0. The van der Waals surface area contributed by atoms with Crippen molar-refractivity contribution in [2.24, 2.45) is 0 Å². The summed E-state index contributed by atoms with van der Waals surface area (Å²) >= 11 is 0. The molecule has 3 amide bonds. The van der Waals surface area contributed by atoms with Gasteiger partial charge in [0.1, 0.15) is 0 Å². The fraction of sp³-hybridized carbons (Fsp3) is 0.0571. The number of rotatable bonds is 8. The number of benzene rings is 5. The Morgan fingerprint density at radius 3 is 2.00 bits per heavy atom. The van der Waals surface area contributed by atoms with Gasteiger partial charge in [-0.15, -0.1) is 0 Å². The summed E-state index contributed by atoms with van der Waals surface area (Å²) in [4.78, 5) is 40.4. The van der Waals surface area contributed by atoms with Crippen LogP contribution in [-0.4, -0.2) is 24.8 Å². The highest BCUT2D eigenvalue weighted by Gasteiger charge is 2.15.